The Morgan fingerprint density at radius 1 is 1.45 bits per heavy atom. The van der Waals surface area contributed by atoms with Crippen LogP contribution in [0.5, 0.6) is 0 Å². The molecule has 1 fully saturated rings. The Kier molecular flexibility index (Phi) is 6.00. The normalized spacial score (nSPS) is 25.6. The van der Waals surface area contributed by atoms with Gasteiger partial charge in [0.25, 0.3) is 0 Å². The molecule has 1 aliphatic rings. The van der Waals surface area contributed by atoms with Gasteiger partial charge in [0.05, 0.1) is 5.69 Å². The van der Waals surface area contributed by atoms with E-state index in [9.17, 15) is 0 Å². The lowest BCUT2D eigenvalue weighted by Crippen LogP contribution is -2.57. The van der Waals surface area contributed by atoms with Crippen molar-refractivity contribution in [1.82, 2.24) is 15.2 Å². The van der Waals surface area contributed by atoms with Crippen LogP contribution in [0.2, 0.25) is 0 Å². The molecule has 0 radical (unpaired) electrons. The topological polar surface area (TPSA) is 28.2 Å². The Morgan fingerprint density at radius 3 is 2.85 bits per heavy atom. The fourth-order valence-electron chi connectivity index (χ4n) is 2.85. The molecular weight excluding hydrogens is 314 g/mol. The summed E-state index contributed by atoms with van der Waals surface area (Å²) >= 11 is 3.45. The van der Waals surface area contributed by atoms with Gasteiger partial charge < -0.3 is 5.32 Å². The molecular formula is C16H26BrN3. The standard InChI is InChI=1S/C16H26BrN3/c1-4-12(3)16-11-20(15(5-2)9-19-16)10-14-7-6-13(17)8-18-14/h6-8,12,15-16,19H,4-5,9-11H2,1-3H3. The number of rotatable bonds is 5. The lowest BCUT2D eigenvalue weighted by atomic mass is 9.94. The van der Waals surface area contributed by atoms with E-state index in [0.717, 1.165) is 35.7 Å². The fourth-order valence-corrected chi connectivity index (χ4v) is 3.09. The van der Waals surface area contributed by atoms with E-state index in [1.807, 2.05) is 6.20 Å². The third-order valence-electron chi connectivity index (χ3n) is 4.52. The third kappa shape index (κ3) is 4.03. The molecule has 0 aliphatic carbocycles. The van der Waals surface area contributed by atoms with Gasteiger partial charge in [0, 0.05) is 42.4 Å². The molecule has 2 rings (SSSR count). The van der Waals surface area contributed by atoms with Crippen molar-refractivity contribution < 1.29 is 0 Å². The fraction of sp³-hybridized carbons (Fsp3) is 0.688. The monoisotopic (exact) mass is 339 g/mol. The zero-order valence-electron chi connectivity index (χ0n) is 12.8. The van der Waals surface area contributed by atoms with Gasteiger partial charge in [-0.05, 0) is 40.4 Å². The Morgan fingerprint density at radius 2 is 2.25 bits per heavy atom. The van der Waals surface area contributed by atoms with Crippen LogP contribution in [0.15, 0.2) is 22.8 Å². The second kappa shape index (κ2) is 7.53. The quantitative estimate of drug-likeness (QED) is 0.890. The first-order chi connectivity index (χ1) is 9.63. The molecule has 0 spiro atoms. The molecule has 0 saturated carbocycles. The minimum atomic E-state index is 0.609. The van der Waals surface area contributed by atoms with E-state index >= 15 is 0 Å². The van der Waals surface area contributed by atoms with Gasteiger partial charge >= 0.3 is 0 Å². The van der Waals surface area contributed by atoms with E-state index in [-0.39, 0.29) is 0 Å². The van der Waals surface area contributed by atoms with Gasteiger partial charge in [-0.3, -0.25) is 9.88 Å². The third-order valence-corrected chi connectivity index (χ3v) is 4.99. The summed E-state index contributed by atoms with van der Waals surface area (Å²) in [6, 6.07) is 5.44. The Labute approximate surface area is 131 Å². The van der Waals surface area contributed by atoms with Crippen LogP contribution in [0, 0.1) is 5.92 Å². The van der Waals surface area contributed by atoms with Crippen LogP contribution in [0.3, 0.4) is 0 Å². The maximum Gasteiger partial charge on any atom is 0.0544 e. The minimum Gasteiger partial charge on any atom is -0.311 e. The summed E-state index contributed by atoms with van der Waals surface area (Å²) in [5.74, 6) is 0.730. The van der Waals surface area contributed by atoms with E-state index in [2.05, 4.69) is 64.0 Å². The van der Waals surface area contributed by atoms with Gasteiger partial charge in [-0.25, -0.2) is 0 Å². The molecule has 0 aromatic carbocycles. The van der Waals surface area contributed by atoms with Crippen LogP contribution in [-0.4, -0.2) is 35.1 Å². The number of nitrogens with zero attached hydrogens (tertiary/aromatic N) is 2. The summed E-state index contributed by atoms with van der Waals surface area (Å²) in [6.45, 7) is 10.1. The molecule has 1 N–H and O–H groups in total. The van der Waals surface area contributed by atoms with Gasteiger partial charge in [0.2, 0.25) is 0 Å². The molecule has 1 aliphatic heterocycles. The van der Waals surface area contributed by atoms with Crippen molar-refractivity contribution in [2.24, 2.45) is 5.92 Å². The summed E-state index contributed by atoms with van der Waals surface area (Å²) < 4.78 is 1.05. The number of nitrogens with one attached hydrogen (secondary N) is 1. The number of hydrogen-bond acceptors (Lipinski definition) is 3. The summed E-state index contributed by atoms with van der Waals surface area (Å²) in [7, 11) is 0. The highest BCUT2D eigenvalue weighted by Crippen LogP contribution is 2.19. The second-order valence-corrected chi connectivity index (χ2v) is 6.78. The molecule has 20 heavy (non-hydrogen) atoms. The minimum absolute atomic E-state index is 0.609. The lowest BCUT2D eigenvalue weighted by molar-refractivity contribution is 0.0981. The van der Waals surface area contributed by atoms with Crippen LogP contribution in [0.4, 0.5) is 0 Å². The van der Waals surface area contributed by atoms with Crippen LogP contribution in [0.25, 0.3) is 0 Å². The van der Waals surface area contributed by atoms with Gasteiger partial charge in [-0.1, -0.05) is 27.2 Å². The molecule has 3 atom stereocenters. The second-order valence-electron chi connectivity index (χ2n) is 5.86. The van der Waals surface area contributed by atoms with E-state index in [0.29, 0.717) is 12.1 Å². The molecule has 112 valence electrons. The predicted octanol–water partition coefficient (Wildman–Crippen LogP) is 3.44. The van der Waals surface area contributed by atoms with Crippen molar-refractivity contribution >= 4 is 15.9 Å². The van der Waals surface area contributed by atoms with Gasteiger partial charge in [-0.2, -0.15) is 0 Å². The van der Waals surface area contributed by atoms with Crippen LogP contribution >= 0.6 is 15.9 Å². The Bertz CT molecular complexity index is 407. The van der Waals surface area contributed by atoms with Crippen LogP contribution in [0.1, 0.15) is 39.3 Å². The first kappa shape index (κ1) is 15.9. The smallest absolute Gasteiger partial charge is 0.0544 e. The zero-order chi connectivity index (χ0) is 14.5. The summed E-state index contributed by atoms with van der Waals surface area (Å²) in [5, 5.41) is 3.73. The number of halogens is 1. The lowest BCUT2D eigenvalue weighted by Gasteiger charge is -2.42. The maximum absolute atomic E-state index is 4.52. The molecule has 3 unspecified atom stereocenters. The molecule has 0 bridgehead atoms. The molecule has 3 nitrogen and oxygen atoms in total. The van der Waals surface area contributed by atoms with Crippen molar-refractivity contribution in [3.05, 3.63) is 28.5 Å². The van der Waals surface area contributed by atoms with E-state index < -0.39 is 0 Å². The average Bonchev–Trinajstić information content (AvgIpc) is 2.48. The molecule has 2 heterocycles. The molecule has 1 saturated heterocycles. The first-order valence-corrected chi connectivity index (χ1v) is 8.51. The highest BCUT2D eigenvalue weighted by molar-refractivity contribution is 9.10. The zero-order valence-corrected chi connectivity index (χ0v) is 14.4. The summed E-state index contributed by atoms with van der Waals surface area (Å²) in [6.07, 6.45) is 4.32. The van der Waals surface area contributed by atoms with E-state index in [1.54, 1.807) is 0 Å². The predicted molar refractivity (Wildman–Crippen MR) is 87.7 cm³/mol. The number of hydrogen-bond donors (Lipinski definition) is 1. The number of pyridine rings is 1. The van der Waals surface area contributed by atoms with Gasteiger partial charge in [0.1, 0.15) is 0 Å². The maximum atomic E-state index is 4.52. The Balaban J connectivity index is 2.03. The van der Waals surface area contributed by atoms with Crippen molar-refractivity contribution in [2.75, 3.05) is 13.1 Å². The molecule has 4 heteroatoms. The summed E-state index contributed by atoms with van der Waals surface area (Å²) in [5.41, 5.74) is 1.16. The number of aromatic nitrogens is 1. The van der Waals surface area contributed by atoms with E-state index in [4.69, 9.17) is 0 Å². The van der Waals surface area contributed by atoms with E-state index in [1.165, 1.54) is 12.8 Å². The molecule has 1 aromatic heterocycles. The largest absolute Gasteiger partial charge is 0.311 e. The SMILES string of the molecule is CCC(C)C1CN(Cc2ccc(Br)cn2)C(CC)CN1. The van der Waals surface area contributed by atoms with Gasteiger partial charge in [-0.15, -0.1) is 0 Å². The van der Waals surface area contributed by atoms with Crippen molar-refractivity contribution in [2.45, 2.75) is 52.2 Å². The van der Waals surface area contributed by atoms with Gasteiger partial charge in [0.15, 0.2) is 0 Å². The first-order valence-electron chi connectivity index (χ1n) is 7.71. The van der Waals surface area contributed by atoms with Crippen molar-refractivity contribution in [1.29, 1.82) is 0 Å². The van der Waals surface area contributed by atoms with Crippen LogP contribution in [-0.2, 0) is 6.54 Å². The molecule has 1 aromatic rings. The highest BCUT2D eigenvalue weighted by atomic mass is 79.9. The van der Waals surface area contributed by atoms with Crippen molar-refractivity contribution in [3.63, 3.8) is 0 Å². The average molecular weight is 340 g/mol. The number of piperazine rings is 1. The molecule has 0 amide bonds. The highest BCUT2D eigenvalue weighted by Gasteiger charge is 2.29. The van der Waals surface area contributed by atoms with Crippen molar-refractivity contribution in [3.8, 4) is 0 Å². The summed E-state index contributed by atoms with van der Waals surface area (Å²) in [4.78, 5) is 7.12. The Hall–Kier alpha value is -0.450. The van der Waals surface area contributed by atoms with Crippen LogP contribution < -0.4 is 5.32 Å².